The molecule has 0 aliphatic heterocycles. The summed E-state index contributed by atoms with van der Waals surface area (Å²) < 4.78 is 0. The maximum absolute atomic E-state index is 4.77. The van der Waals surface area contributed by atoms with Crippen LogP contribution in [0.3, 0.4) is 0 Å². The second kappa shape index (κ2) is 4.85. The highest BCUT2D eigenvalue weighted by molar-refractivity contribution is 5.49. The number of rotatable bonds is 4. The van der Waals surface area contributed by atoms with Gasteiger partial charge in [-0.1, -0.05) is 6.07 Å². The number of nitrogens with one attached hydrogen (secondary N) is 1. The average molecular weight is 266 g/mol. The first-order valence-electron chi connectivity index (χ1n) is 7.43. The summed E-state index contributed by atoms with van der Waals surface area (Å²) in [5.74, 6) is 2.70. The minimum Gasteiger partial charge on any atom is -0.364 e. The van der Waals surface area contributed by atoms with Crippen LogP contribution < -0.4 is 5.32 Å². The van der Waals surface area contributed by atoms with E-state index in [-0.39, 0.29) is 0 Å². The quantitative estimate of drug-likeness (QED) is 0.924. The van der Waals surface area contributed by atoms with Crippen LogP contribution in [0.25, 0.3) is 0 Å². The van der Waals surface area contributed by atoms with Crippen molar-refractivity contribution in [2.75, 3.05) is 5.32 Å². The van der Waals surface area contributed by atoms with Gasteiger partial charge < -0.3 is 5.32 Å². The molecular formula is C16H18N4. The van der Waals surface area contributed by atoms with Crippen molar-refractivity contribution in [2.45, 2.75) is 44.6 Å². The van der Waals surface area contributed by atoms with Crippen LogP contribution in [0.15, 0.2) is 24.4 Å². The summed E-state index contributed by atoms with van der Waals surface area (Å²) in [7, 11) is 0. The molecule has 0 amide bonds. The van der Waals surface area contributed by atoms with E-state index in [0.717, 1.165) is 36.7 Å². The van der Waals surface area contributed by atoms with Gasteiger partial charge in [0, 0.05) is 23.4 Å². The summed E-state index contributed by atoms with van der Waals surface area (Å²) in [6.07, 6.45) is 7.74. The van der Waals surface area contributed by atoms with E-state index in [1.807, 2.05) is 24.4 Å². The number of fused-ring (bicyclic) bond motifs is 1. The van der Waals surface area contributed by atoms with Gasteiger partial charge in [0.2, 0.25) is 0 Å². The van der Waals surface area contributed by atoms with Gasteiger partial charge in [-0.05, 0) is 44.2 Å². The lowest BCUT2D eigenvalue weighted by molar-refractivity contribution is 0.870. The van der Waals surface area contributed by atoms with Crippen molar-refractivity contribution in [3.8, 4) is 0 Å². The fourth-order valence-corrected chi connectivity index (χ4v) is 2.80. The molecule has 2 aliphatic rings. The van der Waals surface area contributed by atoms with E-state index in [1.165, 1.54) is 30.5 Å². The molecule has 0 radical (unpaired) electrons. The first-order chi connectivity index (χ1) is 9.90. The number of aryl methyl sites for hydroxylation is 1. The summed E-state index contributed by atoms with van der Waals surface area (Å²) >= 11 is 0. The predicted molar refractivity (Wildman–Crippen MR) is 77.6 cm³/mol. The molecule has 0 spiro atoms. The molecule has 0 unspecified atom stereocenters. The number of anilines is 1. The Morgan fingerprint density at radius 1 is 1.15 bits per heavy atom. The molecule has 0 bridgehead atoms. The van der Waals surface area contributed by atoms with Crippen molar-refractivity contribution in [1.82, 2.24) is 15.0 Å². The number of pyridine rings is 1. The zero-order chi connectivity index (χ0) is 13.4. The molecule has 1 N–H and O–H groups in total. The van der Waals surface area contributed by atoms with Gasteiger partial charge in [0.05, 0.1) is 12.2 Å². The molecule has 4 nitrogen and oxygen atoms in total. The van der Waals surface area contributed by atoms with Gasteiger partial charge >= 0.3 is 0 Å². The van der Waals surface area contributed by atoms with Crippen LogP contribution >= 0.6 is 0 Å². The smallest absolute Gasteiger partial charge is 0.134 e. The minimum absolute atomic E-state index is 0.608. The zero-order valence-corrected chi connectivity index (χ0v) is 11.5. The van der Waals surface area contributed by atoms with E-state index in [9.17, 15) is 0 Å². The molecule has 2 aromatic rings. The van der Waals surface area contributed by atoms with Crippen molar-refractivity contribution in [1.29, 1.82) is 0 Å². The molecule has 4 rings (SSSR count). The lowest BCUT2D eigenvalue weighted by atomic mass is 10.2. The third-order valence-electron chi connectivity index (χ3n) is 4.06. The van der Waals surface area contributed by atoms with Gasteiger partial charge in [-0.15, -0.1) is 0 Å². The van der Waals surface area contributed by atoms with E-state index >= 15 is 0 Å². The Labute approximate surface area is 118 Å². The van der Waals surface area contributed by atoms with E-state index in [4.69, 9.17) is 9.97 Å². The van der Waals surface area contributed by atoms with Crippen LogP contribution in [0.1, 0.15) is 48.0 Å². The fourth-order valence-electron chi connectivity index (χ4n) is 2.80. The molecule has 0 atom stereocenters. The molecule has 2 aromatic heterocycles. The number of hydrogen-bond donors (Lipinski definition) is 1. The Morgan fingerprint density at radius 3 is 2.90 bits per heavy atom. The van der Waals surface area contributed by atoms with Crippen molar-refractivity contribution in [3.63, 3.8) is 0 Å². The van der Waals surface area contributed by atoms with Crippen LogP contribution in [0.2, 0.25) is 0 Å². The molecular weight excluding hydrogens is 248 g/mol. The summed E-state index contributed by atoms with van der Waals surface area (Å²) in [6, 6.07) is 6.00. The van der Waals surface area contributed by atoms with Crippen LogP contribution in [-0.4, -0.2) is 15.0 Å². The molecule has 1 fully saturated rings. The molecule has 2 aliphatic carbocycles. The van der Waals surface area contributed by atoms with Crippen molar-refractivity contribution in [3.05, 3.63) is 47.2 Å². The first-order valence-corrected chi connectivity index (χ1v) is 7.43. The highest BCUT2D eigenvalue weighted by atomic mass is 15.1. The molecule has 2 heterocycles. The predicted octanol–water partition coefficient (Wildman–Crippen LogP) is 2.85. The number of nitrogens with zero attached hydrogens (tertiary/aromatic N) is 3. The standard InChI is InChI=1S/C16H18N4/c1-2-9-17-12(4-1)10-18-16-13-5-3-6-14(13)19-15(20-16)11-7-8-11/h1-2,4,9,11H,3,5-8,10H2,(H,18,19,20). The van der Waals surface area contributed by atoms with E-state index in [2.05, 4.69) is 10.3 Å². The fraction of sp³-hybridized carbons (Fsp3) is 0.438. The highest BCUT2D eigenvalue weighted by Gasteiger charge is 2.29. The third-order valence-corrected chi connectivity index (χ3v) is 4.06. The zero-order valence-electron chi connectivity index (χ0n) is 11.5. The SMILES string of the molecule is c1ccc(CNc2nc(C3CC3)nc3c2CCC3)nc1. The van der Waals surface area contributed by atoms with Crippen LogP contribution in [0.5, 0.6) is 0 Å². The molecule has 20 heavy (non-hydrogen) atoms. The van der Waals surface area contributed by atoms with Crippen LogP contribution in [0, 0.1) is 0 Å². The van der Waals surface area contributed by atoms with E-state index in [0.29, 0.717) is 5.92 Å². The molecule has 0 aromatic carbocycles. The summed E-state index contributed by atoms with van der Waals surface area (Å²) in [6.45, 7) is 0.731. The average Bonchev–Trinajstić information content (AvgIpc) is 3.24. The largest absolute Gasteiger partial charge is 0.364 e. The molecule has 0 saturated heterocycles. The summed E-state index contributed by atoms with van der Waals surface area (Å²) in [5.41, 5.74) is 3.64. The second-order valence-electron chi connectivity index (χ2n) is 5.66. The van der Waals surface area contributed by atoms with Gasteiger partial charge in [-0.25, -0.2) is 9.97 Å². The van der Waals surface area contributed by atoms with E-state index < -0.39 is 0 Å². The number of hydrogen-bond acceptors (Lipinski definition) is 4. The summed E-state index contributed by atoms with van der Waals surface area (Å²) in [4.78, 5) is 13.9. The van der Waals surface area contributed by atoms with E-state index in [1.54, 1.807) is 0 Å². The van der Waals surface area contributed by atoms with Gasteiger partial charge in [0.25, 0.3) is 0 Å². The third kappa shape index (κ3) is 2.26. The molecule has 1 saturated carbocycles. The monoisotopic (exact) mass is 266 g/mol. The lowest BCUT2D eigenvalue weighted by Gasteiger charge is -2.11. The lowest BCUT2D eigenvalue weighted by Crippen LogP contribution is -2.09. The maximum atomic E-state index is 4.77. The van der Waals surface area contributed by atoms with Gasteiger partial charge in [0.15, 0.2) is 0 Å². The van der Waals surface area contributed by atoms with Crippen molar-refractivity contribution in [2.24, 2.45) is 0 Å². The Morgan fingerprint density at radius 2 is 2.10 bits per heavy atom. The Hall–Kier alpha value is -1.97. The van der Waals surface area contributed by atoms with Crippen molar-refractivity contribution < 1.29 is 0 Å². The number of aromatic nitrogens is 3. The Balaban J connectivity index is 1.60. The Bertz CT molecular complexity index is 620. The maximum Gasteiger partial charge on any atom is 0.134 e. The Kier molecular flexibility index (Phi) is 2.87. The van der Waals surface area contributed by atoms with Crippen LogP contribution in [-0.2, 0) is 19.4 Å². The van der Waals surface area contributed by atoms with Gasteiger partial charge in [-0.3, -0.25) is 4.98 Å². The molecule has 4 heteroatoms. The second-order valence-corrected chi connectivity index (χ2v) is 5.66. The summed E-state index contributed by atoms with van der Waals surface area (Å²) in [5, 5.41) is 3.47. The highest BCUT2D eigenvalue weighted by Crippen LogP contribution is 2.40. The topological polar surface area (TPSA) is 50.7 Å². The minimum atomic E-state index is 0.608. The molecule has 102 valence electrons. The first kappa shape index (κ1) is 11.8. The van der Waals surface area contributed by atoms with Crippen molar-refractivity contribution >= 4 is 5.82 Å². The normalized spacial score (nSPS) is 17.0. The van der Waals surface area contributed by atoms with Gasteiger partial charge in [0.1, 0.15) is 11.6 Å². The van der Waals surface area contributed by atoms with Gasteiger partial charge in [-0.2, -0.15) is 0 Å². The van der Waals surface area contributed by atoms with Crippen LogP contribution in [0.4, 0.5) is 5.82 Å².